The minimum Gasteiger partial charge on any atom is -0.850 e. The van der Waals surface area contributed by atoms with E-state index in [1.54, 1.807) is 20.8 Å². The summed E-state index contributed by atoms with van der Waals surface area (Å²) in [4.78, 5) is 14.0. The third-order valence-electron chi connectivity index (χ3n) is 12.2. The molecule has 0 aliphatic carbocycles. The van der Waals surface area contributed by atoms with Crippen LogP contribution in [0.1, 0.15) is 115 Å². The van der Waals surface area contributed by atoms with Crippen molar-refractivity contribution >= 4 is 48.7 Å². The maximum Gasteiger partial charge on any atom is 1.00 e. The van der Waals surface area contributed by atoms with Gasteiger partial charge in [-0.15, -0.1) is 5.60 Å². The van der Waals surface area contributed by atoms with Crippen LogP contribution in [0.3, 0.4) is 0 Å². The molecule has 60 heavy (non-hydrogen) atoms. The number of nitrogens with one attached hydrogen (secondary N) is 2. The number of halogens is 2. The maximum absolute atomic E-state index is 10.1. The second-order valence-electron chi connectivity index (χ2n) is 19.3. The van der Waals surface area contributed by atoms with Gasteiger partial charge in [-0.1, -0.05) is 94.4 Å². The van der Waals surface area contributed by atoms with Gasteiger partial charge in [0, 0.05) is 42.6 Å². The molecule has 0 saturated carbocycles. The third kappa shape index (κ3) is 11.6. The first-order chi connectivity index (χ1) is 27.4. The molecule has 7 heterocycles. The van der Waals surface area contributed by atoms with E-state index in [2.05, 4.69) is 167 Å². The summed E-state index contributed by atoms with van der Waals surface area (Å²) in [7, 11) is -0.385. The molecule has 7 rings (SSSR count). The maximum atomic E-state index is 10.1. The monoisotopic (exact) mass is 913 g/mol. The molecule has 1 saturated heterocycles. The molecule has 2 unspecified atom stereocenters. The van der Waals surface area contributed by atoms with Crippen LogP contribution in [0, 0.1) is 0 Å². The zero-order valence-corrected chi connectivity index (χ0v) is 45.7. The molecule has 0 aromatic carbocycles. The van der Waals surface area contributed by atoms with Crippen molar-refractivity contribution in [3.8, 4) is 0 Å². The van der Waals surface area contributed by atoms with Crippen molar-refractivity contribution < 1.29 is 70.0 Å². The van der Waals surface area contributed by atoms with Crippen LogP contribution in [-0.4, -0.2) is 110 Å². The quantitative estimate of drug-likeness (QED) is 0.0760. The molecule has 5 aliphatic heterocycles. The predicted molar refractivity (Wildman–Crippen MR) is 251 cm³/mol. The van der Waals surface area contributed by atoms with Crippen molar-refractivity contribution in [2.24, 2.45) is 4.99 Å². The molecule has 14 heteroatoms. The summed E-state index contributed by atoms with van der Waals surface area (Å²) in [6.07, 6.45) is 6.31. The van der Waals surface area contributed by atoms with E-state index in [-0.39, 0.29) is 80.0 Å². The summed E-state index contributed by atoms with van der Waals surface area (Å²) in [5, 5.41) is 17.1. The van der Waals surface area contributed by atoms with Gasteiger partial charge in [0.15, 0.2) is 12.2 Å². The number of hydrogen-bond donors (Lipinski definition) is 2. The van der Waals surface area contributed by atoms with E-state index in [1.807, 2.05) is 0 Å². The fraction of sp³-hybridized carbons (Fsp3) is 0.674. The summed E-state index contributed by atoms with van der Waals surface area (Å²) in [5.74, 6) is 3.21. The molecule has 0 bridgehead atoms. The summed E-state index contributed by atoms with van der Waals surface area (Å²) in [5.41, 5.74) is 3.06. The van der Waals surface area contributed by atoms with Gasteiger partial charge in [0.2, 0.25) is 0 Å². The number of allylic oxidation sites excluding steroid dienone is 2. The largest absolute Gasteiger partial charge is 1.00 e. The Hall–Kier alpha value is -0.664. The number of hydrogen-bond acceptors (Lipinski definition) is 7. The van der Waals surface area contributed by atoms with Gasteiger partial charge in [-0.2, -0.15) is 4.57 Å². The van der Waals surface area contributed by atoms with Crippen molar-refractivity contribution in [3.63, 3.8) is 0 Å². The minimum atomic E-state index is -0.750. The molecule has 5 aliphatic rings. The number of anilines is 2. The number of pyridine rings is 2. The number of aromatic nitrogens is 2. The van der Waals surface area contributed by atoms with E-state index < -0.39 is 5.60 Å². The molecule has 2 atom stereocenters. The number of alkyl halides is 2. The molecular weight excluding hydrogens is 836 g/mol. The van der Waals surface area contributed by atoms with Crippen molar-refractivity contribution in [1.82, 2.24) is 14.8 Å². The zero-order chi connectivity index (χ0) is 44.2. The second-order valence-corrected chi connectivity index (χ2v) is 24.1. The van der Waals surface area contributed by atoms with Crippen molar-refractivity contribution in [3.05, 3.63) is 71.7 Å². The molecule has 0 radical (unpaired) electrons. The molecule has 2 aromatic rings. The van der Waals surface area contributed by atoms with Gasteiger partial charge in [0.25, 0.3) is 10.9 Å². The molecule has 2 aromatic heterocycles. The van der Waals surface area contributed by atoms with E-state index in [9.17, 15) is 5.11 Å². The van der Waals surface area contributed by atoms with Crippen LogP contribution in [0.5, 0.6) is 0 Å². The predicted octanol–water partition coefficient (Wildman–Crippen LogP) is 6.01. The number of likely N-dealkylation sites (N-methyl/N-ethyl adjacent to an activating group) is 2. The number of quaternary nitrogens is 2. The van der Waals surface area contributed by atoms with Gasteiger partial charge >= 0.3 is 56.5 Å². The number of nitrogens with zero attached hydrogens (tertiary/aromatic N) is 7. The molecule has 2 N–H and O–H groups in total. The Morgan fingerprint density at radius 1 is 0.867 bits per heavy atom. The zero-order valence-electron chi connectivity index (χ0n) is 40.2. The van der Waals surface area contributed by atoms with Gasteiger partial charge in [0.05, 0.1) is 37.6 Å². The molecule has 0 spiro atoms. The standard InChI is InChI=1S/C18H34N3P.2C12H17ClN3.C4H9O.K/c1-9-21(10-2)14-15-12-11-13-16(19-15)20-22(17(3,4)5)18(6,7)8;2*1-3-16(4-2)8-10-6-5-7-11-14-9-12(16,13)15(10)11;1-4(2,3)5;/h11-13H,9-10,14H2,1-8H3,(H,19,20);2*5-7H,3-4,8-9H2,1-2H3;1-3H3;/q;2*+1;-1;+1/p+1. The van der Waals surface area contributed by atoms with Crippen molar-refractivity contribution in [1.29, 1.82) is 0 Å². The number of rotatable bonds is 10. The Morgan fingerprint density at radius 3 is 1.97 bits per heavy atom. The third-order valence-corrected chi connectivity index (χ3v) is 16.6. The van der Waals surface area contributed by atoms with E-state index in [1.165, 1.54) is 11.4 Å². The Kier molecular flexibility index (Phi) is 18.9. The van der Waals surface area contributed by atoms with Crippen LogP contribution in [0.25, 0.3) is 0 Å². The van der Waals surface area contributed by atoms with E-state index >= 15 is 0 Å². The van der Waals surface area contributed by atoms with Crippen LogP contribution in [0.15, 0.2) is 65.3 Å². The summed E-state index contributed by atoms with van der Waals surface area (Å²) >= 11 is 13.8. The van der Waals surface area contributed by atoms with E-state index in [0.717, 1.165) is 97.6 Å². The normalized spacial score (nSPS) is 22.5. The summed E-state index contributed by atoms with van der Waals surface area (Å²) in [6.45, 7) is 43.0. The Labute approximate surface area is 418 Å². The summed E-state index contributed by atoms with van der Waals surface area (Å²) in [6, 6.07) is 12.8. The Morgan fingerprint density at radius 2 is 1.43 bits per heavy atom. The summed E-state index contributed by atoms with van der Waals surface area (Å²) < 4.78 is 4.15. The first-order valence-electron chi connectivity index (χ1n) is 22.0. The van der Waals surface area contributed by atoms with Crippen LogP contribution < -0.4 is 71.5 Å². The SMILES string of the molecule is CC(C)(C)[O-].CCN(CC)Cc1cccc(NP(C(C)(C)C)C(C)(C)C)n1.CC[N+]1(CC)CC2=CC=CC3=NCC1(Cl)N23.CC[N+]1(CC)Cc2cccc3[n+]2C1(Cl)CN3.[K+]. The Balaban J connectivity index is 0.000000228. The number of aliphatic imine (C=N–C) groups is 1. The molecule has 1 fully saturated rings. The second kappa shape index (κ2) is 21.1. The van der Waals surface area contributed by atoms with Gasteiger partial charge in [-0.05, 0) is 82.7 Å². The van der Waals surface area contributed by atoms with Gasteiger partial charge in [-0.25, -0.2) is 4.98 Å². The van der Waals surface area contributed by atoms with E-state index in [0.29, 0.717) is 6.54 Å². The van der Waals surface area contributed by atoms with Crippen LogP contribution >= 0.6 is 31.3 Å². The topological polar surface area (TPSA) is 82.7 Å². The van der Waals surface area contributed by atoms with Crippen LogP contribution in [-0.2, 0) is 18.2 Å². The smallest absolute Gasteiger partial charge is 0.850 e. The van der Waals surface area contributed by atoms with Crippen LogP contribution in [0.2, 0.25) is 0 Å². The van der Waals surface area contributed by atoms with Crippen molar-refractivity contribution in [2.75, 3.05) is 69.3 Å². The van der Waals surface area contributed by atoms with Crippen molar-refractivity contribution in [2.45, 2.75) is 143 Å². The molecule has 330 valence electrons. The van der Waals surface area contributed by atoms with Gasteiger partial charge in [-0.3, -0.25) is 29.1 Å². The first-order valence-corrected chi connectivity index (χ1v) is 24.1. The fourth-order valence-electron chi connectivity index (χ4n) is 9.17. The molecular formula is C46H78Cl2KN9OP+3. The van der Waals surface area contributed by atoms with Crippen LogP contribution in [0.4, 0.5) is 11.6 Å². The average molecular weight is 914 g/mol. The minimum absolute atomic E-state index is 0. The first kappa shape index (κ1) is 53.7. The molecule has 0 amide bonds. The fourth-order valence-corrected chi connectivity index (χ4v) is 13.3. The van der Waals surface area contributed by atoms with Gasteiger partial charge < -0.3 is 10.2 Å². The molecule has 10 nitrogen and oxygen atoms in total. The van der Waals surface area contributed by atoms with E-state index in [4.69, 9.17) is 28.2 Å². The Bertz CT molecular complexity index is 1810. The average Bonchev–Trinajstić information content (AvgIpc) is 3.87. The van der Waals surface area contributed by atoms with Gasteiger partial charge in [0.1, 0.15) is 31.3 Å². The number of amidine groups is 1.